The van der Waals surface area contributed by atoms with Gasteiger partial charge in [0.25, 0.3) is 0 Å². The largest absolute Gasteiger partial charge is 0.0991 e. The molecule has 0 spiro atoms. The van der Waals surface area contributed by atoms with Crippen molar-refractivity contribution in [3.63, 3.8) is 0 Å². The molecule has 0 aliphatic heterocycles. The van der Waals surface area contributed by atoms with Gasteiger partial charge in [0.15, 0.2) is 0 Å². The Balaban J connectivity index is 3.14. The van der Waals surface area contributed by atoms with Gasteiger partial charge in [-0.1, -0.05) is 43.5 Å². The smallest absolute Gasteiger partial charge is 0.0152 e. The van der Waals surface area contributed by atoms with Crippen LogP contribution in [0, 0.1) is 0 Å². The van der Waals surface area contributed by atoms with Gasteiger partial charge in [-0.3, -0.25) is 0 Å². The lowest BCUT2D eigenvalue weighted by Gasteiger charge is -2.01. The van der Waals surface area contributed by atoms with Crippen LogP contribution in [0.5, 0.6) is 0 Å². The highest BCUT2D eigenvalue weighted by molar-refractivity contribution is 5.68. The molecule has 0 saturated heterocycles. The number of hydrogen-bond acceptors (Lipinski definition) is 0. The molecule has 0 heterocycles. The molecule has 1 rings (SSSR count). The molecule has 1 aliphatic carbocycles. The third kappa shape index (κ3) is 2.10. The minimum Gasteiger partial charge on any atom is -0.0991 e. The van der Waals surface area contributed by atoms with E-state index in [2.05, 4.69) is 45.2 Å². The molecule has 0 atom stereocenters. The number of rotatable bonds is 3. The predicted octanol–water partition coefficient (Wildman–Crippen LogP) is 4.51. The summed E-state index contributed by atoms with van der Waals surface area (Å²) in [5.41, 5.74) is 6.22. The third-order valence-corrected chi connectivity index (χ3v) is 2.75. The molecular weight excluding hydrogens is 180 g/mol. The Labute approximate surface area is 92.7 Å². The van der Waals surface area contributed by atoms with Crippen molar-refractivity contribution in [2.24, 2.45) is 0 Å². The molecule has 1 aliphatic rings. The number of hydrogen-bond donors (Lipinski definition) is 0. The van der Waals surface area contributed by atoms with Crippen molar-refractivity contribution in [3.05, 3.63) is 71.4 Å². The zero-order valence-electron chi connectivity index (χ0n) is 9.80. The van der Waals surface area contributed by atoms with Crippen LogP contribution in [-0.4, -0.2) is 0 Å². The van der Waals surface area contributed by atoms with Gasteiger partial charge in [-0.15, -0.1) is 0 Å². The van der Waals surface area contributed by atoms with Crippen molar-refractivity contribution >= 4 is 0 Å². The van der Waals surface area contributed by atoms with Gasteiger partial charge in [-0.2, -0.15) is 0 Å². The summed E-state index contributed by atoms with van der Waals surface area (Å²) in [5, 5.41) is 0. The molecule has 0 aromatic rings. The predicted molar refractivity (Wildman–Crippen MR) is 68.7 cm³/mol. The maximum Gasteiger partial charge on any atom is -0.0152 e. The Bertz CT molecular complexity index is 409. The van der Waals surface area contributed by atoms with Gasteiger partial charge >= 0.3 is 0 Å². The average molecular weight is 198 g/mol. The van der Waals surface area contributed by atoms with Crippen LogP contribution in [0.25, 0.3) is 0 Å². The standard InChI is InChI=1S/C15H18/c1-6-8-10-15-12(4)11(3)14(9-7-2)13(15)5/h6-10H,1,5H2,2-4H3/b9-7-,10-8-. The molecule has 0 amide bonds. The Morgan fingerprint density at radius 3 is 2.00 bits per heavy atom. The highest BCUT2D eigenvalue weighted by Crippen LogP contribution is 2.36. The molecule has 0 aromatic carbocycles. The van der Waals surface area contributed by atoms with Crippen molar-refractivity contribution in [1.82, 2.24) is 0 Å². The quantitative estimate of drug-likeness (QED) is 0.585. The molecule has 15 heavy (non-hydrogen) atoms. The first-order valence-corrected chi connectivity index (χ1v) is 5.17. The van der Waals surface area contributed by atoms with Gasteiger partial charge in [0, 0.05) is 0 Å². The molecule has 0 N–H and O–H groups in total. The highest BCUT2D eigenvalue weighted by atomic mass is 14.2. The summed E-state index contributed by atoms with van der Waals surface area (Å²) in [5.74, 6) is 0. The lowest BCUT2D eigenvalue weighted by Crippen LogP contribution is -1.82. The maximum absolute atomic E-state index is 4.14. The van der Waals surface area contributed by atoms with E-state index >= 15 is 0 Å². The van der Waals surface area contributed by atoms with E-state index in [9.17, 15) is 0 Å². The Morgan fingerprint density at radius 1 is 1.00 bits per heavy atom. The summed E-state index contributed by atoms with van der Waals surface area (Å²) in [4.78, 5) is 0. The van der Waals surface area contributed by atoms with Crippen molar-refractivity contribution in [1.29, 1.82) is 0 Å². The maximum atomic E-state index is 4.14. The molecule has 0 heteroatoms. The van der Waals surface area contributed by atoms with E-state index < -0.39 is 0 Å². The molecular formula is C15H18. The van der Waals surface area contributed by atoms with E-state index in [0.29, 0.717) is 0 Å². The lowest BCUT2D eigenvalue weighted by molar-refractivity contribution is 1.34. The van der Waals surface area contributed by atoms with Crippen molar-refractivity contribution in [2.75, 3.05) is 0 Å². The van der Waals surface area contributed by atoms with Gasteiger partial charge in [0.05, 0.1) is 0 Å². The van der Waals surface area contributed by atoms with E-state index in [-0.39, 0.29) is 0 Å². The summed E-state index contributed by atoms with van der Waals surface area (Å²) in [6.07, 6.45) is 9.99. The van der Waals surface area contributed by atoms with Crippen LogP contribution in [0.3, 0.4) is 0 Å². The minimum atomic E-state index is 1.11. The molecule has 0 nitrogen and oxygen atoms in total. The third-order valence-electron chi connectivity index (χ3n) is 2.75. The van der Waals surface area contributed by atoms with Crippen LogP contribution in [0.2, 0.25) is 0 Å². The van der Waals surface area contributed by atoms with E-state index in [0.717, 1.165) is 5.57 Å². The van der Waals surface area contributed by atoms with Crippen LogP contribution in [0.15, 0.2) is 71.4 Å². The molecule has 0 saturated carbocycles. The summed E-state index contributed by atoms with van der Waals surface area (Å²) < 4.78 is 0. The van der Waals surface area contributed by atoms with E-state index in [1.54, 1.807) is 6.08 Å². The SMILES string of the molecule is C=C/C=C\C1=C(C)C(C)=C(/C=C\C)C1=C. The molecule has 0 radical (unpaired) electrons. The molecule has 0 aromatic heterocycles. The second-order valence-corrected chi connectivity index (χ2v) is 3.65. The average Bonchev–Trinajstić information content (AvgIpc) is 2.42. The topological polar surface area (TPSA) is 0 Å². The van der Waals surface area contributed by atoms with Crippen LogP contribution in [0.4, 0.5) is 0 Å². The van der Waals surface area contributed by atoms with Crippen LogP contribution < -0.4 is 0 Å². The summed E-state index contributed by atoms with van der Waals surface area (Å²) in [7, 11) is 0. The van der Waals surface area contributed by atoms with Gasteiger partial charge < -0.3 is 0 Å². The monoisotopic (exact) mass is 198 g/mol. The summed E-state index contributed by atoms with van der Waals surface area (Å²) in [6.45, 7) is 14.1. The minimum absolute atomic E-state index is 1.11. The summed E-state index contributed by atoms with van der Waals surface area (Å²) in [6, 6.07) is 0. The van der Waals surface area contributed by atoms with Crippen LogP contribution >= 0.6 is 0 Å². The summed E-state index contributed by atoms with van der Waals surface area (Å²) >= 11 is 0. The fourth-order valence-corrected chi connectivity index (χ4v) is 1.78. The van der Waals surface area contributed by atoms with Crippen molar-refractivity contribution in [2.45, 2.75) is 20.8 Å². The number of allylic oxidation sites excluding steroid dienone is 10. The normalized spacial score (nSPS) is 17.7. The first kappa shape index (κ1) is 11.5. The van der Waals surface area contributed by atoms with Gasteiger partial charge in [-0.25, -0.2) is 0 Å². The Kier molecular flexibility index (Phi) is 3.68. The first-order chi connectivity index (χ1) is 7.13. The lowest BCUT2D eigenvalue weighted by atomic mass is 10.0. The second kappa shape index (κ2) is 4.79. The fraction of sp³-hybridized carbons (Fsp3) is 0.200. The molecule has 78 valence electrons. The molecule has 0 fully saturated rings. The van der Waals surface area contributed by atoms with Crippen molar-refractivity contribution in [3.8, 4) is 0 Å². The Morgan fingerprint density at radius 2 is 1.53 bits per heavy atom. The molecule has 0 unspecified atom stereocenters. The van der Waals surface area contributed by atoms with Crippen LogP contribution in [-0.2, 0) is 0 Å². The molecule has 0 bridgehead atoms. The van der Waals surface area contributed by atoms with Gasteiger partial charge in [0.2, 0.25) is 0 Å². The highest BCUT2D eigenvalue weighted by Gasteiger charge is 2.18. The van der Waals surface area contributed by atoms with E-state index in [1.807, 2.05) is 13.0 Å². The van der Waals surface area contributed by atoms with Gasteiger partial charge in [0.1, 0.15) is 0 Å². The Hall–Kier alpha value is -1.56. The second-order valence-electron chi connectivity index (χ2n) is 3.65. The van der Waals surface area contributed by atoms with Gasteiger partial charge in [-0.05, 0) is 48.6 Å². The van der Waals surface area contributed by atoms with E-state index in [1.165, 1.54) is 22.3 Å². The zero-order valence-corrected chi connectivity index (χ0v) is 9.80. The van der Waals surface area contributed by atoms with Crippen LogP contribution in [0.1, 0.15) is 20.8 Å². The van der Waals surface area contributed by atoms with E-state index in [4.69, 9.17) is 0 Å². The first-order valence-electron chi connectivity index (χ1n) is 5.17. The zero-order chi connectivity index (χ0) is 11.4. The fourth-order valence-electron chi connectivity index (χ4n) is 1.78. The van der Waals surface area contributed by atoms with Crippen molar-refractivity contribution < 1.29 is 0 Å².